The van der Waals surface area contributed by atoms with Crippen molar-refractivity contribution in [3.8, 4) is 0 Å². The van der Waals surface area contributed by atoms with Crippen molar-refractivity contribution in [1.82, 2.24) is 24.3 Å². The van der Waals surface area contributed by atoms with Gasteiger partial charge in [0.2, 0.25) is 5.91 Å². The van der Waals surface area contributed by atoms with Crippen LogP contribution >= 0.6 is 0 Å². The molecule has 44 heavy (non-hydrogen) atoms. The first-order chi connectivity index (χ1) is 21.5. The molecule has 10 nitrogen and oxygen atoms in total. The van der Waals surface area contributed by atoms with E-state index >= 15 is 0 Å². The molecule has 5 rings (SSSR count). The first-order valence-corrected chi connectivity index (χ1v) is 15.7. The molecule has 0 bridgehead atoms. The van der Waals surface area contributed by atoms with Crippen LogP contribution in [0.25, 0.3) is 21.9 Å². The highest BCUT2D eigenvalue weighted by atomic mass is 16.5. The number of nitrogens with two attached hydrogens (primary N) is 1. The van der Waals surface area contributed by atoms with Crippen molar-refractivity contribution >= 4 is 39.6 Å². The molecule has 2 aromatic carbocycles. The molecule has 0 unspecified atom stereocenters. The summed E-state index contributed by atoms with van der Waals surface area (Å²) in [6.07, 6.45) is 4.82. The summed E-state index contributed by atoms with van der Waals surface area (Å²) in [6, 6.07) is 15.9. The van der Waals surface area contributed by atoms with Crippen LogP contribution in [0.15, 0.2) is 48.5 Å². The number of aryl methyl sites for hydroxylation is 2. The molecule has 1 fully saturated rings. The third kappa shape index (κ3) is 7.73. The summed E-state index contributed by atoms with van der Waals surface area (Å²) in [6.45, 7) is 7.25. The zero-order valence-corrected chi connectivity index (χ0v) is 26.0. The Morgan fingerprint density at radius 1 is 1.05 bits per heavy atom. The number of rotatable bonds is 13. The van der Waals surface area contributed by atoms with E-state index in [1.165, 1.54) is 7.11 Å². The summed E-state index contributed by atoms with van der Waals surface area (Å²) in [7, 11) is 1.39. The number of hydrogen-bond donors (Lipinski definition) is 1. The number of nitrogens with zero attached hydrogens (tertiary/aromatic N) is 5. The molecule has 0 radical (unpaired) electrons. The maximum atomic E-state index is 13.8. The largest absolute Gasteiger partial charge is 0.469 e. The number of esters is 1. The van der Waals surface area contributed by atoms with Crippen molar-refractivity contribution in [2.24, 2.45) is 0 Å². The number of benzene rings is 2. The smallest absolute Gasteiger partial charge is 0.309 e. The molecule has 4 aromatic rings. The molecule has 0 saturated carbocycles. The van der Waals surface area contributed by atoms with E-state index in [2.05, 4.69) is 27.4 Å². The first-order valence-electron chi connectivity index (χ1n) is 15.7. The number of amides is 1. The second-order valence-electron chi connectivity index (χ2n) is 11.5. The lowest BCUT2D eigenvalue weighted by Gasteiger charge is -2.27. The first kappa shape index (κ1) is 31.4. The van der Waals surface area contributed by atoms with E-state index in [1.54, 1.807) is 0 Å². The summed E-state index contributed by atoms with van der Waals surface area (Å²) >= 11 is 0. The van der Waals surface area contributed by atoms with Gasteiger partial charge in [-0.2, -0.15) is 0 Å². The maximum absolute atomic E-state index is 13.8. The Bertz CT molecular complexity index is 1580. The SMILES string of the molecule is CCCCc1nc2c(N)nc3ccccc3c2n1CCCN(Cc1cccc(CC(=O)OC)c1)C(=O)CN1CCCOCC1. The zero-order valence-electron chi connectivity index (χ0n) is 26.0. The number of fused-ring (bicyclic) bond motifs is 3. The number of carbonyl (C=O) groups excluding carboxylic acids is 2. The van der Waals surface area contributed by atoms with Crippen molar-refractivity contribution in [1.29, 1.82) is 0 Å². The minimum Gasteiger partial charge on any atom is -0.469 e. The Labute approximate surface area is 259 Å². The number of methoxy groups -OCH3 is 1. The summed E-state index contributed by atoms with van der Waals surface area (Å²) < 4.78 is 12.8. The number of para-hydroxylation sites is 1. The lowest BCUT2D eigenvalue weighted by Crippen LogP contribution is -2.41. The molecule has 2 aromatic heterocycles. The number of ether oxygens (including phenoxy) is 2. The van der Waals surface area contributed by atoms with E-state index < -0.39 is 0 Å². The Balaban J connectivity index is 1.39. The Hall–Kier alpha value is -4.02. The third-order valence-electron chi connectivity index (χ3n) is 8.22. The molecule has 1 aliphatic rings. The predicted molar refractivity (Wildman–Crippen MR) is 172 cm³/mol. The molecule has 0 spiro atoms. The molecule has 234 valence electrons. The quantitative estimate of drug-likeness (QED) is 0.225. The molecular weight excluding hydrogens is 556 g/mol. The van der Waals surface area contributed by atoms with Crippen LogP contribution in [-0.2, 0) is 45.0 Å². The van der Waals surface area contributed by atoms with Gasteiger partial charge in [0.05, 0.1) is 37.7 Å². The van der Waals surface area contributed by atoms with Gasteiger partial charge in [0.25, 0.3) is 0 Å². The van der Waals surface area contributed by atoms with Gasteiger partial charge in [-0.1, -0.05) is 55.8 Å². The zero-order chi connectivity index (χ0) is 30.9. The third-order valence-corrected chi connectivity index (χ3v) is 8.22. The summed E-state index contributed by atoms with van der Waals surface area (Å²) in [5.74, 6) is 1.25. The number of carbonyl (C=O) groups is 2. The number of nitrogen functional groups attached to an aromatic ring is 1. The highest BCUT2D eigenvalue weighted by molar-refractivity contribution is 6.06. The summed E-state index contributed by atoms with van der Waals surface area (Å²) in [4.78, 5) is 39.4. The van der Waals surface area contributed by atoms with Crippen LogP contribution in [0.2, 0.25) is 0 Å². The van der Waals surface area contributed by atoms with Crippen molar-refractivity contribution in [3.05, 3.63) is 65.5 Å². The molecule has 10 heteroatoms. The van der Waals surface area contributed by atoms with Gasteiger partial charge < -0.3 is 24.7 Å². The maximum Gasteiger partial charge on any atom is 0.309 e. The van der Waals surface area contributed by atoms with Crippen molar-refractivity contribution in [2.75, 3.05) is 52.2 Å². The number of aromatic nitrogens is 3. The van der Waals surface area contributed by atoms with E-state index in [-0.39, 0.29) is 18.3 Å². The van der Waals surface area contributed by atoms with E-state index in [1.807, 2.05) is 47.4 Å². The van der Waals surface area contributed by atoms with Crippen LogP contribution in [0.1, 0.15) is 49.6 Å². The number of hydrogen-bond acceptors (Lipinski definition) is 8. The number of anilines is 1. The molecular formula is C34H44N6O4. The van der Waals surface area contributed by atoms with Gasteiger partial charge in [-0.25, -0.2) is 9.97 Å². The number of pyridine rings is 1. The van der Waals surface area contributed by atoms with E-state index in [0.717, 1.165) is 90.7 Å². The van der Waals surface area contributed by atoms with Gasteiger partial charge >= 0.3 is 5.97 Å². The normalized spacial score (nSPS) is 14.1. The molecule has 1 saturated heterocycles. The number of unbranched alkanes of at least 4 members (excludes halogenated alkanes) is 1. The second-order valence-corrected chi connectivity index (χ2v) is 11.5. The lowest BCUT2D eigenvalue weighted by molar-refractivity contribution is -0.139. The minimum atomic E-state index is -0.284. The predicted octanol–water partition coefficient (Wildman–Crippen LogP) is 4.37. The Kier molecular flexibility index (Phi) is 10.8. The van der Waals surface area contributed by atoms with E-state index in [0.29, 0.717) is 38.6 Å². The van der Waals surface area contributed by atoms with Gasteiger partial charge in [0.15, 0.2) is 5.82 Å². The Morgan fingerprint density at radius 3 is 2.73 bits per heavy atom. The average Bonchev–Trinajstić information content (AvgIpc) is 3.19. The van der Waals surface area contributed by atoms with Crippen molar-refractivity contribution < 1.29 is 19.1 Å². The molecule has 1 aliphatic heterocycles. The second kappa shape index (κ2) is 15.1. The van der Waals surface area contributed by atoms with Crippen LogP contribution in [0.3, 0.4) is 0 Å². The van der Waals surface area contributed by atoms with Crippen LogP contribution in [-0.4, -0.2) is 82.7 Å². The van der Waals surface area contributed by atoms with E-state index in [9.17, 15) is 9.59 Å². The van der Waals surface area contributed by atoms with Crippen molar-refractivity contribution in [3.63, 3.8) is 0 Å². The van der Waals surface area contributed by atoms with Gasteiger partial charge in [-0.05, 0) is 36.5 Å². The van der Waals surface area contributed by atoms with Crippen LogP contribution in [0.5, 0.6) is 0 Å². The highest BCUT2D eigenvalue weighted by Crippen LogP contribution is 2.29. The van der Waals surface area contributed by atoms with Crippen LogP contribution in [0.4, 0.5) is 5.82 Å². The highest BCUT2D eigenvalue weighted by Gasteiger charge is 2.21. The fourth-order valence-corrected chi connectivity index (χ4v) is 5.93. The minimum absolute atomic E-state index is 0.0888. The lowest BCUT2D eigenvalue weighted by atomic mass is 10.1. The Morgan fingerprint density at radius 2 is 1.89 bits per heavy atom. The molecule has 0 aliphatic carbocycles. The van der Waals surface area contributed by atoms with Gasteiger partial charge in [-0.15, -0.1) is 0 Å². The van der Waals surface area contributed by atoms with E-state index in [4.69, 9.17) is 20.2 Å². The number of imidazole rings is 1. The summed E-state index contributed by atoms with van der Waals surface area (Å²) in [5.41, 5.74) is 10.9. The summed E-state index contributed by atoms with van der Waals surface area (Å²) in [5, 5.41) is 1.03. The standard InChI is InChI=1S/C34H44N6O4/c1-3-4-14-29-37-32-33(27-12-5-6-13-28(27)36-34(32)35)40(29)17-8-16-39(30(41)24-38-15-9-19-44-20-18-38)23-26-11-7-10-25(21-26)22-31(42)43-2/h5-7,10-13,21H,3-4,8-9,14-20,22-24H2,1-2H3,(H2,35,36). The fourth-order valence-electron chi connectivity index (χ4n) is 5.93. The molecule has 1 amide bonds. The average molecular weight is 601 g/mol. The topological polar surface area (TPSA) is 116 Å². The molecule has 0 atom stereocenters. The van der Waals surface area contributed by atoms with Crippen molar-refractivity contribution in [2.45, 2.75) is 58.5 Å². The van der Waals surface area contributed by atoms with Gasteiger partial charge in [0, 0.05) is 51.1 Å². The monoisotopic (exact) mass is 600 g/mol. The van der Waals surface area contributed by atoms with Gasteiger partial charge in [-0.3, -0.25) is 14.5 Å². The van der Waals surface area contributed by atoms with Gasteiger partial charge in [0.1, 0.15) is 11.3 Å². The van der Waals surface area contributed by atoms with Crippen LogP contribution in [0, 0.1) is 0 Å². The molecule has 3 heterocycles. The fraction of sp³-hybridized carbons (Fsp3) is 0.471. The van der Waals surface area contributed by atoms with Crippen LogP contribution < -0.4 is 5.73 Å². The molecule has 2 N–H and O–H groups in total.